The van der Waals surface area contributed by atoms with Gasteiger partial charge in [-0.2, -0.15) is 5.10 Å². The van der Waals surface area contributed by atoms with Crippen molar-refractivity contribution in [3.63, 3.8) is 0 Å². The maximum absolute atomic E-state index is 13.0. The first-order valence-corrected chi connectivity index (χ1v) is 10.1. The van der Waals surface area contributed by atoms with Crippen LogP contribution in [0.3, 0.4) is 0 Å². The number of benzene rings is 2. The molecule has 1 aromatic heterocycles. The van der Waals surface area contributed by atoms with E-state index in [1.165, 1.54) is 5.56 Å². The van der Waals surface area contributed by atoms with Gasteiger partial charge in [-0.3, -0.25) is 9.36 Å². The predicted octanol–water partition coefficient (Wildman–Crippen LogP) is 4.22. The summed E-state index contributed by atoms with van der Waals surface area (Å²) >= 11 is 0. The van der Waals surface area contributed by atoms with Crippen molar-refractivity contribution in [3.05, 3.63) is 70.0 Å². The third kappa shape index (κ3) is 5.51. The second-order valence-corrected chi connectivity index (χ2v) is 7.15. The molecule has 1 N–H and O–H groups in total. The van der Waals surface area contributed by atoms with Gasteiger partial charge >= 0.3 is 0 Å². The van der Waals surface area contributed by atoms with Crippen molar-refractivity contribution in [2.24, 2.45) is 5.10 Å². The quantitative estimate of drug-likeness (QED) is 0.336. The van der Waals surface area contributed by atoms with Crippen LogP contribution in [0.1, 0.15) is 38.3 Å². The van der Waals surface area contributed by atoms with Gasteiger partial charge in [0.2, 0.25) is 5.95 Å². The molecular weight excluding hydrogens is 364 g/mol. The highest BCUT2D eigenvalue weighted by molar-refractivity contribution is 5.81. The van der Waals surface area contributed by atoms with Crippen LogP contribution < -0.4 is 11.0 Å². The summed E-state index contributed by atoms with van der Waals surface area (Å²) < 4.78 is 7.23. The summed E-state index contributed by atoms with van der Waals surface area (Å²) in [5, 5.41) is 4.90. The van der Waals surface area contributed by atoms with E-state index in [2.05, 4.69) is 34.6 Å². The minimum absolute atomic E-state index is 0.0786. The number of nitrogens with one attached hydrogen (secondary N) is 1. The molecule has 0 fully saturated rings. The molecule has 0 unspecified atom stereocenters. The van der Waals surface area contributed by atoms with E-state index in [0.717, 1.165) is 18.4 Å². The second kappa shape index (κ2) is 9.98. The molecule has 0 saturated carbocycles. The Bertz CT molecular complexity index is 1020. The van der Waals surface area contributed by atoms with E-state index in [-0.39, 0.29) is 11.7 Å². The zero-order chi connectivity index (χ0) is 20.6. The number of fused-ring (bicyclic) bond motifs is 1. The average Bonchev–Trinajstić information content (AvgIpc) is 2.73. The molecular formula is C23H28N4O2. The molecule has 6 nitrogen and oxygen atoms in total. The monoisotopic (exact) mass is 392 g/mol. The largest absolute Gasteiger partial charge is 0.379 e. The van der Waals surface area contributed by atoms with Crippen molar-refractivity contribution in [2.45, 2.75) is 46.3 Å². The van der Waals surface area contributed by atoms with Crippen molar-refractivity contribution in [2.75, 3.05) is 12.0 Å². The number of anilines is 1. The van der Waals surface area contributed by atoms with Crippen molar-refractivity contribution in [1.82, 2.24) is 9.55 Å². The molecule has 0 aliphatic carbocycles. The summed E-state index contributed by atoms with van der Waals surface area (Å²) in [5.74, 6) is 0.430. The summed E-state index contributed by atoms with van der Waals surface area (Å²) in [6.07, 6.45) is 3.62. The molecule has 29 heavy (non-hydrogen) atoms. The van der Waals surface area contributed by atoms with Gasteiger partial charge in [0.25, 0.3) is 5.56 Å². The van der Waals surface area contributed by atoms with Gasteiger partial charge in [0.1, 0.15) is 0 Å². The Morgan fingerprint density at radius 2 is 1.93 bits per heavy atom. The highest BCUT2D eigenvalue weighted by atomic mass is 16.5. The van der Waals surface area contributed by atoms with Crippen LogP contribution in [0.25, 0.3) is 10.9 Å². The number of para-hydroxylation sites is 1. The first-order valence-electron chi connectivity index (χ1n) is 10.1. The molecule has 152 valence electrons. The fraction of sp³-hybridized carbons (Fsp3) is 0.348. The number of hydrogen-bond donors (Lipinski definition) is 1. The van der Waals surface area contributed by atoms with Crippen molar-refractivity contribution < 1.29 is 4.74 Å². The van der Waals surface area contributed by atoms with Crippen LogP contribution in [0.4, 0.5) is 5.95 Å². The van der Waals surface area contributed by atoms with Crippen molar-refractivity contribution >= 4 is 23.1 Å². The highest BCUT2D eigenvalue weighted by Gasteiger charge is 2.10. The molecule has 0 aliphatic rings. The molecule has 0 atom stereocenters. The standard InChI is InChI=1S/C23H28N4O2/c1-4-18-10-12-19(13-11-18)16-24-26-23-25-21-9-6-5-8-20(21)22(28)27(23)14-7-15-29-17(2)3/h5-6,8-13,16-17H,4,7,14-15H2,1-3H3,(H,25,26)/b24-16-. The smallest absolute Gasteiger partial charge is 0.262 e. The molecule has 1 heterocycles. The SMILES string of the molecule is CCc1ccc(/C=N\Nc2nc3ccccc3c(=O)n2CCCOC(C)C)cc1. The minimum Gasteiger partial charge on any atom is -0.379 e. The summed E-state index contributed by atoms with van der Waals surface area (Å²) in [7, 11) is 0. The van der Waals surface area contributed by atoms with E-state index < -0.39 is 0 Å². The Morgan fingerprint density at radius 1 is 1.17 bits per heavy atom. The highest BCUT2D eigenvalue weighted by Crippen LogP contribution is 2.12. The fourth-order valence-corrected chi connectivity index (χ4v) is 3.01. The zero-order valence-electron chi connectivity index (χ0n) is 17.3. The Kier molecular flexibility index (Phi) is 7.14. The van der Waals surface area contributed by atoms with Gasteiger partial charge in [0.05, 0.1) is 23.2 Å². The van der Waals surface area contributed by atoms with Crippen molar-refractivity contribution in [1.29, 1.82) is 0 Å². The maximum atomic E-state index is 13.0. The first-order chi connectivity index (χ1) is 14.1. The molecule has 0 amide bonds. The summed E-state index contributed by atoms with van der Waals surface area (Å²) in [6.45, 7) is 7.22. The third-order valence-corrected chi connectivity index (χ3v) is 4.61. The number of nitrogens with zero attached hydrogens (tertiary/aromatic N) is 3. The number of aryl methyl sites for hydroxylation is 1. The Hall–Kier alpha value is -2.99. The molecule has 0 saturated heterocycles. The number of aromatic nitrogens is 2. The molecule has 3 rings (SSSR count). The second-order valence-electron chi connectivity index (χ2n) is 7.15. The molecule has 0 spiro atoms. The van der Waals surface area contributed by atoms with Crippen LogP contribution in [0, 0.1) is 0 Å². The Labute approximate surface area is 171 Å². The molecule has 6 heteroatoms. The van der Waals surface area contributed by atoms with Gasteiger partial charge in [-0.1, -0.05) is 43.3 Å². The van der Waals surface area contributed by atoms with E-state index in [1.807, 2.05) is 44.2 Å². The van der Waals surface area contributed by atoms with Crippen LogP contribution >= 0.6 is 0 Å². The Balaban J connectivity index is 1.82. The average molecular weight is 393 g/mol. The first kappa shape index (κ1) is 20.7. The normalized spacial score (nSPS) is 11.6. The number of rotatable bonds is 9. The third-order valence-electron chi connectivity index (χ3n) is 4.61. The van der Waals surface area contributed by atoms with Gasteiger partial charge in [-0.05, 0) is 49.9 Å². The van der Waals surface area contributed by atoms with Gasteiger partial charge < -0.3 is 4.74 Å². The van der Waals surface area contributed by atoms with Crippen LogP contribution in [0.2, 0.25) is 0 Å². The van der Waals surface area contributed by atoms with Gasteiger partial charge in [0, 0.05) is 13.2 Å². The molecule has 0 aliphatic heterocycles. The zero-order valence-corrected chi connectivity index (χ0v) is 17.3. The van der Waals surface area contributed by atoms with Gasteiger partial charge in [-0.25, -0.2) is 10.4 Å². The van der Waals surface area contributed by atoms with E-state index in [4.69, 9.17) is 4.74 Å². The summed E-state index contributed by atoms with van der Waals surface area (Å²) in [4.78, 5) is 17.6. The lowest BCUT2D eigenvalue weighted by Gasteiger charge is -2.13. The van der Waals surface area contributed by atoms with Crippen LogP contribution in [0.15, 0.2) is 58.4 Å². The van der Waals surface area contributed by atoms with E-state index in [9.17, 15) is 4.79 Å². The number of hydrogen-bond acceptors (Lipinski definition) is 5. The fourth-order valence-electron chi connectivity index (χ4n) is 3.01. The molecule has 0 radical (unpaired) electrons. The summed E-state index contributed by atoms with van der Waals surface area (Å²) in [6, 6.07) is 15.6. The van der Waals surface area contributed by atoms with Gasteiger partial charge in [0.15, 0.2) is 0 Å². The van der Waals surface area contributed by atoms with Crippen LogP contribution in [0.5, 0.6) is 0 Å². The topological polar surface area (TPSA) is 68.5 Å². The van der Waals surface area contributed by atoms with E-state index in [1.54, 1.807) is 16.8 Å². The lowest BCUT2D eigenvalue weighted by atomic mass is 10.1. The van der Waals surface area contributed by atoms with E-state index >= 15 is 0 Å². The summed E-state index contributed by atoms with van der Waals surface area (Å²) in [5.41, 5.74) is 5.79. The number of hydrazone groups is 1. The van der Waals surface area contributed by atoms with Crippen LogP contribution in [-0.2, 0) is 17.7 Å². The lowest BCUT2D eigenvalue weighted by molar-refractivity contribution is 0.0748. The van der Waals surface area contributed by atoms with E-state index in [0.29, 0.717) is 30.0 Å². The van der Waals surface area contributed by atoms with Gasteiger partial charge in [-0.15, -0.1) is 0 Å². The predicted molar refractivity (Wildman–Crippen MR) is 119 cm³/mol. The van der Waals surface area contributed by atoms with Crippen molar-refractivity contribution in [3.8, 4) is 0 Å². The maximum Gasteiger partial charge on any atom is 0.262 e. The number of ether oxygens (including phenoxy) is 1. The molecule has 0 bridgehead atoms. The minimum atomic E-state index is -0.0786. The molecule has 2 aromatic carbocycles. The lowest BCUT2D eigenvalue weighted by Crippen LogP contribution is -2.25. The Morgan fingerprint density at radius 3 is 2.66 bits per heavy atom. The van der Waals surface area contributed by atoms with Crippen LogP contribution in [-0.4, -0.2) is 28.5 Å². The molecule has 3 aromatic rings.